The minimum atomic E-state index is -0.929. The number of hydrogen-bond acceptors (Lipinski definition) is 4. The second kappa shape index (κ2) is 8.55. The topological polar surface area (TPSA) is 84.5 Å². The van der Waals surface area contributed by atoms with Crippen LogP contribution in [0.25, 0.3) is 0 Å². The molecule has 0 aliphatic carbocycles. The second-order valence-electron chi connectivity index (χ2n) is 5.62. The van der Waals surface area contributed by atoms with Crippen molar-refractivity contribution in [3.8, 4) is 0 Å². The van der Waals surface area contributed by atoms with E-state index in [2.05, 4.69) is 10.6 Å². The summed E-state index contributed by atoms with van der Waals surface area (Å²) in [7, 11) is 0. The summed E-state index contributed by atoms with van der Waals surface area (Å²) in [5, 5.41) is 5.14. The van der Waals surface area contributed by atoms with Crippen LogP contribution in [0.1, 0.15) is 41.0 Å². The predicted octanol–water partition coefficient (Wildman–Crippen LogP) is 0.854. The lowest BCUT2D eigenvalue weighted by molar-refractivity contribution is -0.157. The Kier molecular flexibility index (Phi) is 7.87. The van der Waals surface area contributed by atoms with Crippen LogP contribution >= 0.6 is 0 Å². The minimum absolute atomic E-state index is 0.134. The van der Waals surface area contributed by atoms with Crippen molar-refractivity contribution >= 4 is 17.8 Å². The van der Waals surface area contributed by atoms with Crippen LogP contribution in [0.15, 0.2) is 0 Å². The number of carbonyl (C=O) groups excluding carboxylic acids is 3. The highest BCUT2D eigenvalue weighted by atomic mass is 16.5. The molecule has 116 valence electrons. The molecule has 0 aliphatic heterocycles. The molecule has 0 radical (unpaired) electrons. The van der Waals surface area contributed by atoms with Gasteiger partial charge in [0.15, 0.2) is 0 Å². The van der Waals surface area contributed by atoms with Gasteiger partial charge in [0.2, 0.25) is 11.8 Å². The van der Waals surface area contributed by atoms with Gasteiger partial charge < -0.3 is 15.4 Å². The van der Waals surface area contributed by atoms with Gasteiger partial charge in [-0.05, 0) is 18.8 Å². The molecule has 0 bridgehead atoms. The highest BCUT2D eigenvalue weighted by Crippen LogP contribution is 2.27. The third-order valence-electron chi connectivity index (χ3n) is 2.65. The lowest BCUT2D eigenvalue weighted by atomic mass is 9.80. The van der Waals surface area contributed by atoms with Crippen LogP contribution in [0.3, 0.4) is 0 Å². The lowest BCUT2D eigenvalue weighted by Crippen LogP contribution is -2.46. The van der Waals surface area contributed by atoms with E-state index in [0.29, 0.717) is 6.54 Å². The third-order valence-corrected chi connectivity index (χ3v) is 2.65. The standard InChI is InChI=1S/C14H26N2O4/c1-6-8-15-10(17)9-16-12(18)11(14(3,4)5)13(19)20-7-2/h11H,6-9H2,1-5H3,(H,15,17)(H,16,18). The zero-order valence-corrected chi connectivity index (χ0v) is 13.0. The molecule has 1 unspecified atom stereocenters. The van der Waals surface area contributed by atoms with Gasteiger partial charge in [0, 0.05) is 6.54 Å². The molecule has 0 spiro atoms. The molecule has 0 saturated heterocycles. The average Bonchev–Trinajstić information content (AvgIpc) is 2.32. The first-order valence-corrected chi connectivity index (χ1v) is 6.95. The van der Waals surface area contributed by atoms with E-state index in [9.17, 15) is 14.4 Å². The van der Waals surface area contributed by atoms with Gasteiger partial charge in [0.1, 0.15) is 5.92 Å². The third kappa shape index (κ3) is 6.54. The summed E-state index contributed by atoms with van der Waals surface area (Å²) < 4.78 is 4.92. The van der Waals surface area contributed by atoms with E-state index in [1.165, 1.54) is 0 Å². The quantitative estimate of drug-likeness (QED) is 0.537. The van der Waals surface area contributed by atoms with Crippen molar-refractivity contribution in [1.82, 2.24) is 10.6 Å². The first-order chi connectivity index (χ1) is 9.23. The Hall–Kier alpha value is -1.59. The van der Waals surface area contributed by atoms with E-state index in [1.54, 1.807) is 27.7 Å². The predicted molar refractivity (Wildman–Crippen MR) is 75.9 cm³/mol. The maximum absolute atomic E-state index is 12.1. The fourth-order valence-electron chi connectivity index (χ4n) is 1.68. The van der Waals surface area contributed by atoms with Crippen molar-refractivity contribution in [2.45, 2.75) is 41.0 Å². The van der Waals surface area contributed by atoms with Gasteiger partial charge in [0.25, 0.3) is 0 Å². The van der Waals surface area contributed by atoms with Gasteiger partial charge in [-0.25, -0.2) is 0 Å². The summed E-state index contributed by atoms with van der Waals surface area (Å²) in [6, 6.07) is 0. The van der Waals surface area contributed by atoms with Crippen molar-refractivity contribution in [3.05, 3.63) is 0 Å². The molecule has 0 aromatic heterocycles. The Morgan fingerprint density at radius 1 is 1.10 bits per heavy atom. The molecular formula is C14H26N2O4. The number of nitrogens with one attached hydrogen (secondary N) is 2. The molecule has 0 fully saturated rings. The minimum Gasteiger partial charge on any atom is -0.465 e. The molecule has 1 atom stereocenters. The summed E-state index contributed by atoms with van der Waals surface area (Å²) in [5.41, 5.74) is -0.573. The Bertz CT molecular complexity index is 348. The van der Waals surface area contributed by atoms with E-state index in [0.717, 1.165) is 6.42 Å². The van der Waals surface area contributed by atoms with Crippen molar-refractivity contribution in [2.75, 3.05) is 19.7 Å². The number of esters is 1. The molecule has 6 heteroatoms. The summed E-state index contributed by atoms with van der Waals surface area (Å²) in [6.07, 6.45) is 0.827. The van der Waals surface area contributed by atoms with Gasteiger partial charge in [-0.3, -0.25) is 14.4 Å². The Morgan fingerprint density at radius 2 is 1.70 bits per heavy atom. The Morgan fingerprint density at radius 3 is 2.15 bits per heavy atom. The molecule has 0 aliphatic rings. The average molecular weight is 286 g/mol. The molecular weight excluding hydrogens is 260 g/mol. The number of hydrogen-bond donors (Lipinski definition) is 2. The normalized spacial score (nSPS) is 12.4. The van der Waals surface area contributed by atoms with E-state index in [1.807, 2.05) is 6.92 Å². The smallest absolute Gasteiger partial charge is 0.319 e. The highest BCUT2D eigenvalue weighted by Gasteiger charge is 2.38. The monoisotopic (exact) mass is 286 g/mol. The molecule has 0 aromatic carbocycles. The fraction of sp³-hybridized carbons (Fsp3) is 0.786. The van der Waals surface area contributed by atoms with Crippen LogP contribution < -0.4 is 10.6 Å². The van der Waals surface area contributed by atoms with Gasteiger partial charge in [-0.2, -0.15) is 0 Å². The van der Waals surface area contributed by atoms with E-state index >= 15 is 0 Å². The van der Waals surface area contributed by atoms with Crippen molar-refractivity contribution < 1.29 is 19.1 Å². The zero-order valence-electron chi connectivity index (χ0n) is 13.0. The first kappa shape index (κ1) is 18.4. The molecule has 2 amide bonds. The van der Waals surface area contributed by atoms with Gasteiger partial charge >= 0.3 is 5.97 Å². The van der Waals surface area contributed by atoms with E-state index < -0.39 is 23.2 Å². The van der Waals surface area contributed by atoms with Crippen molar-refractivity contribution in [1.29, 1.82) is 0 Å². The molecule has 0 saturated carbocycles. The summed E-state index contributed by atoms with van der Waals surface area (Å²) in [6.45, 7) is 9.63. The fourth-order valence-corrected chi connectivity index (χ4v) is 1.68. The maximum atomic E-state index is 12.1. The zero-order chi connectivity index (χ0) is 15.8. The number of rotatable bonds is 7. The summed E-state index contributed by atoms with van der Waals surface area (Å²) in [5.74, 6) is -2.24. The molecule has 20 heavy (non-hydrogen) atoms. The van der Waals surface area contributed by atoms with Crippen LogP contribution in [0.2, 0.25) is 0 Å². The number of carbonyl (C=O) groups is 3. The van der Waals surface area contributed by atoms with Crippen molar-refractivity contribution in [3.63, 3.8) is 0 Å². The Labute approximate surface area is 120 Å². The van der Waals surface area contributed by atoms with Crippen LogP contribution in [-0.2, 0) is 19.1 Å². The first-order valence-electron chi connectivity index (χ1n) is 6.95. The van der Waals surface area contributed by atoms with Gasteiger partial charge in [0.05, 0.1) is 13.2 Å². The molecule has 0 heterocycles. The summed E-state index contributed by atoms with van der Waals surface area (Å²) >= 11 is 0. The maximum Gasteiger partial charge on any atom is 0.319 e. The number of amides is 2. The largest absolute Gasteiger partial charge is 0.465 e. The van der Waals surface area contributed by atoms with Crippen molar-refractivity contribution in [2.24, 2.45) is 11.3 Å². The van der Waals surface area contributed by atoms with Crippen LogP contribution in [0, 0.1) is 11.3 Å². The lowest BCUT2D eigenvalue weighted by Gasteiger charge is -2.27. The molecule has 0 rings (SSSR count). The molecule has 0 aromatic rings. The number of ether oxygens (including phenoxy) is 1. The van der Waals surface area contributed by atoms with E-state index in [4.69, 9.17) is 4.74 Å². The van der Waals surface area contributed by atoms with Crippen LogP contribution in [-0.4, -0.2) is 37.5 Å². The van der Waals surface area contributed by atoms with Gasteiger partial charge in [-0.15, -0.1) is 0 Å². The SMILES string of the molecule is CCCNC(=O)CNC(=O)C(C(=O)OCC)C(C)(C)C. The molecule has 2 N–H and O–H groups in total. The summed E-state index contributed by atoms with van der Waals surface area (Å²) in [4.78, 5) is 35.4. The highest BCUT2D eigenvalue weighted by molar-refractivity contribution is 5.99. The van der Waals surface area contributed by atoms with E-state index in [-0.39, 0.29) is 19.1 Å². The second-order valence-corrected chi connectivity index (χ2v) is 5.62. The van der Waals surface area contributed by atoms with Crippen LogP contribution in [0.5, 0.6) is 0 Å². The van der Waals surface area contributed by atoms with Gasteiger partial charge in [-0.1, -0.05) is 27.7 Å². The Balaban J connectivity index is 4.58. The molecule has 6 nitrogen and oxygen atoms in total. The van der Waals surface area contributed by atoms with Crippen LogP contribution in [0.4, 0.5) is 0 Å².